The molecule has 1 N–H and O–H groups in total. The van der Waals surface area contributed by atoms with Crippen molar-refractivity contribution in [1.82, 2.24) is 0 Å². The Bertz CT molecular complexity index is 667. The van der Waals surface area contributed by atoms with Crippen molar-refractivity contribution in [2.24, 2.45) is 0 Å². The standard InChI is InChI=1S/C15H11FN2OS/c16-11-4-3-5-12(10-11)18-15(19)13-6-1-2-7-14(13)20-9-8-17/h1-7,10H,9H2,(H,18,19). The van der Waals surface area contributed by atoms with Gasteiger partial charge in [-0.1, -0.05) is 18.2 Å². The van der Waals surface area contributed by atoms with Crippen LogP contribution in [0.2, 0.25) is 0 Å². The molecule has 0 aliphatic heterocycles. The van der Waals surface area contributed by atoms with Crippen LogP contribution < -0.4 is 5.32 Å². The van der Waals surface area contributed by atoms with Gasteiger partial charge in [-0.2, -0.15) is 5.26 Å². The molecule has 5 heteroatoms. The summed E-state index contributed by atoms with van der Waals surface area (Å²) < 4.78 is 13.1. The Balaban J connectivity index is 2.19. The zero-order chi connectivity index (χ0) is 14.4. The smallest absolute Gasteiger partial charge is 0.256 e. The Labute approximate surface area is 120 Å². The molecule has 0 atom stereocenters. The lowest BCUT2D eigenvalue weighted by Crippen LogP contribution is -2.13. The predicted molar refractivity (Wildman–Crippen MR) is 77.1 cm³/mol. The van der Waals surface area contributed by atoms with Gasteiger partial charge in [-0.3, -0.25) is 4.79 Å². The fourth-order valence-corrected chi connectivity index (χ4v) is 2.37. The second-order valence-electron chi connectivity index (χ2n) is 3.91. The maximum atomic E-state index is 13.1. The minimum Gasteiger partial charge on any atom is -0.322 e. The number of hydrogen-bond acceptors (Lipinski definition) is 3. The van der Waals surface area contributed by atoms with Gasteiger partial charge < -0.3 is 5.32 Å². The number of amides is 1. The van der Waals surface area contributed by atoms with Crippen LogP contribution in [-0.4, -0.2) is 11.7 Å². The number of nitrogens with one attached hydrogen (secondary N) is 1. The van der Waals surface area contributed by atoms with Gasteiger partial charge in [0.25, 0.3) is 5.91 Å². The molecule has 2 rings (SSSR count). The van der Waals surface area contributed by atoms with Crippen molar-refractivity contribution in [2.45, 2.75) is 4.90 Å². The third-order valence-corrected chi connectivity index (χ3v) is 3.45. The third kappa shape index (κ3) is 3.59. The second-order valence-corrected chi connectivity index (χ2v) is 4.92. The summed E-state index contributed by atoms with van der Waals surface area (Å²) in [6, 6.07) is 14.7. The fraction of sp³-hybridized carbons (Fsp3) is 0.0667. The van der Waals surface area contributed by atoms with E-state index in [0.717, 1.165) is 4.90 Å². The van der Waals surface area contributed by atoms with E-state index < -0.39 is 5.82 Å². The Morgan fingerprint density at radius 2 is 2.05 bits per heavy atom. The number of hydrogen-bond donors (Lipinski definition) is 1. The molecule has 3 nitrogen and oxygen atoms in total. The monoisotopic (exact) mass is 286 g/mol. The predicted octanol–water partition coefficient (Wildman–Crippen LogP) is 3.69. The molecule has 0 unspecified atom stereocenters. The highest BCUT2D eigenvalue weighted by molar-refractivity contribution is 7.99. The average Bonchev–Trinajstić information content (AvgIpc) is 2.45. The van der Waals surface area contributed by atoms with Crippen LogP contribution in [0.5, 0.6) is 0 Å². The van der Waals surface area contributed by atoms with Crippen LogP contribution in [0, 0.1) is 17.1 Å². The van der Waals surface area contributed by atoms with Gasteiger partial charge in [-0.25, -0.2) is 4.39 Å². The number of carbonyl (C=O) groups is 1. The van der Waals surface area contributed by atoms with Crippen molar-refractivity contribution in [2.75, 3.05) is 11.1 Å². The van der Waals surface area contributed by atoms with Gasteiger partial charge in [0.1, 0.15) is 5.82 Å². The van der Waals surface area contributed by atoms with Crippen LogP contribution in [0.15, 0.2) is 53.4 Å². The van der Waals surface area contributed by atoms with Crippen molar-refractivity contribution in [1.29, 1.82) is 5.26 Å². The van der Waals surface area contributed by atoms with Crippen molar-refractivity contribution >= 4 is 23.4 Å². The Morgan fingerprint density at radius 3 is 2.80 bits per heavy atom. The summed E-state index contributed by atoms with van der Waals surface area (Å²) in [5.74, 6) is -0.462. The SMILES string of the molecule is N#CCSc1ccccc1C(=O)Nc1cccc(F)c1. The van der Waals surface area contributed by atoms with Crippen molar-refractivity contribution < 1.29 is 9.18 Å². The number of nitrogens with zero attached hydrogens (tertiary/aromatic N) is 1. The van der Waals surface area contributed by atoms with Gasteiger partial charge in [0, 0.05) is 10.6 Å². The van der Waals surface area contributed by atoms with Crippen molar-refractivity contribution in [3.8, 4) is 6.07 Å². The Kier molecular flexibility index (Phi) is 4.75. The van der Waals surface area contributed by atoms with Crippen molar-refractivity contribution in [3.63, 3.8) is 0 Å². The molecular formula is C15H11FN2OS. The third-order valence-electron chi connectivity index (χ3n) is 2.51. The Morgan fingerprint density at radius 1 is 1.25 bits per heavy atom. The molecule has 0 spiro atoms. The zero-order valence-electron chi connectivity index (χ0n) is 10.5. The molecule has 0 aliphatic rings. The Hall–Kier alpha value is -2.32. The lowest BCUT2D eigenvalue weighted by Gasteiger charge is -2.08. The van der Waals surface area contributed by atoms with Crippen molar-refractivity contribution in [3.05, 3.63) is 59.9 Å². The number of thioether (sulfide) groups is 1. The van der Waals surface area contributed by atoms with Crippen LogP contribution >= 0.6 is 11.8 Å². The first-order valence-corrected chi connectivity index (χ1v) is 6.85. The first-order chi connectivity index (χ1) is 9.70. The fourth-order valence-electron chi connectivity index (χ4n) is 1.65. The highest BCUT2D eigenvalue weighted by atomic mass is 32.2. The highest BCUT2D eigenvalue weighted by Gasteiger charge is 2.11. The maximum absolute atomic E-state index is 13.1. The summed E-state index contributed by atoms with van der Waals surface area (Å²) in [5.41, 5.74) is 0.868. The van der Waals surface area contributed by atoms with E-state index in [1.165, 1.54) is 30.0 Å². The largest absolute Gasteiger partial charge is 0.322 e. The number of nitriles is 1. The summed E-state index contributed by atoms with van der Waals surface area (Å²) in [5, 5.41) is 11.3. The zero-order valence-corrected chi connectivity index (χ0v) is 11.3. The number of rotatable bonds is 4. The maximum Gasteiger partial charge on any atom is 0.256 e. The molecule has 1 amide bonds. The quantitative estimate of drug-likeness (QED) is 0.872. The number of benzene rings is 2. The van der Waals surface area contributed by atoms with E-state index in [-0.39, 0.29) is 11.7 Å². The van der Waals surface area contributed by atoms with Gasteiger partial charge in [-0.05, 0) is 30.3 Å². The molecule has 20 heavy (non-hydrogen) atoms. The molecule has 2 aromatic rings. The summed E-state index contributed by atoms with van der Waals surface area (Å²) in [6.45, 7) is 0. The lowest BCUT2D eigenvalue weighted by atomic mass is 10.2. The van der Waals surface area contributed by atoms with E-state index in [1.807, 2.05) is 6.07 Å². The molecule has 0 aromatic heterocycles. The molecule has 0 saturated heterocycles. The van der Waals surface area contributed by atoms with Gasteiger partial charge in [-0.15, -0.1) is 11.8 Å². The molecule has 0 heterocycles. The minimum atomic E-state index is -0.407. The summed E-state index contributed by atoms with van der Waals surface area (Å²) >= 11 is 1.29. The lowest BCUT2D eigenvalue weighted by molar-refractivity contribution is 0.102. The van der Waals surface area contributed by atoms with E-state index >= 15 is 0 Å². The molecule has 0 bridgehead atoms. The van der Waals surface area contributed by atoms with E-state index in [9.17, 15) is 9.18 Å². The van der Waals surface area contributed by atoms with Gasteiger partial charge in [0.2, 0.25) is 0 Å². The summed E-state index contributed by atoms with van der Waals surface area (Å²) in [6.07, 6.45) is 0. The molecule has 0 saturated carbocycles. The number of anilines is 1. The van der Waals surface area contributed by atoms with Crippen LogP contribution in [0.25, 0.3) is 0 Å². The van der Waals surface area contributed by atoms with E-state index in [0.29, 0.717) is 11.3 Å². The van der Waals surface area contributed by atoms with Crippen LogP contribution in [0.4, 0.5) is 10.1 Å². The van der Waals surface area contributed by atoms with Crippen LogP contribution in [0.3, 0.4) is 0 Å². The van der Waals surface area contributed by atoms with Gasteiger partial charge in [0.05, 0.1) is 17.4 Å². The molecule has 2 aromatic carbocycles. The van der Waals surface area contributed by atoms with Gasteiger partial charge >= 0.3 is 0 Å². The second kappa shape index (κ2) is 6.73. The minimum absolute atomic E-state index is 0.268. The van der Waals surface area contributed by atoms with Crippen LogP contribution in [-0.2, 0) is 0 Å². The van der Waals surface area contributed by atoms with E-state index in [2.05, 4.69) is 5.32 Å². The van der Waals surface area contributed by atoms with Gasteiger partial charge in [0.15, 0.2) is 0 Å². The topological polar surface area (TPSA) is 52.9 Å². The normalized spacial score (nSPS) is 9.80. The first-order valence-electron chi connectivity index (χ1n) is 5.86. The van der Waals surface area contributed by atoms with E-state index in [1.54, 1.807) is 30.3 Å². The molecular weight excluding hydrogens is 275 g/mol. The molecule has 0 radical (unpaired) electrons. The number of carbonyl (C=O) groups excluding carboxylic acids is 1. The van der Waals surface area contributed by atoms with Crippen LogP contribution in [0.1, 0.15) is 10.4 Å². The van der Waals surface area contributed by atoms with E-state index in [4.69, 9.17) is 5.26 Å². The summed E-state index contributed by atoms with van der Waals surface area (Å²) in [4.78, 5) is 12.9. The molecule has 0 aliphatic carbocycles. The number of halogens is 1. The molecule has 0 fully saturated rings. The molecule has 100 valence electrons. The highest BCUT2D eigenvalue weighted by Crippen LogP contribution is 2.23. The first kappa shape index (κ1) is 14.1. The average molecular weight is 286 g/mol. The summed E-state index contributed by atoms with van der Waals surface area (Å²) in [7, 11) is 0.